The van der Waals surface area contributed by atoms with E-state index in [1.165, 1.54) is 0 Å². The topological polar surface area (TPSA) is 120 Å². The second kappa shape index (κ2) is 7.63. The number of aliphatic hydroxyl groups excluding tert-OH is 1. The number of aromatic amines is 1. The lowest BCUT2D eigenvalue weighted by Gasteiger charge is -2.33. The highest BCUT2D eigenvalue weighted by Crippen LogP contribution is 2.57. The molecule has 2 aliphatic heterocycles. The van der Waals surface area contributed by atoms with Gasteiger partial charge in [-0.2, -0.15) is 4.98 Å². The van der Waals surface area contributed by atoms with Crippen molar-refractivity contribution in [3.63, 3.8) is 0 Å². The number of nitrogens with one attached hydrogen (secondary N) is 2. The number of hydrogen-bond acceptors (Lipinski definition) is 8. The Morgan fingerprint density at radius 2 is 2.18 bits per heavy atom. The summed E-state index contributed by atoms with van der Waals surface area (Å²) in [6.45, 7) is 0.808. The summed E-state index contributed by atoms with van der Waals surface area (Å²) >= 11 is 0. The first-order valence-corrected chi connectivity index (χ1v) is 11.6. The highest BCUT2D eigenvalue weighted by Gasteiger charge is 2.61. The third-order valence-corrected chi connectivity index (χ3v) is 7.37. The van der Waals surface area contributed by atoms with Crippen LogP contribution in [0.15, 0.2) is 12.4 Å². The Labute approximate surface area is 190 Å². The van der Waals surface area contributed by atoms with Gasteiger partial charge in [-0.3, -0.25) is 19.7 Å². The molecule has 1 amide bonds. The molecule has 10 nitrogen and oxygen atoms in total. The lowest BCUT2D eigenvalue weighted by Crippen LogP contribution is -2.44. The number of amides is 1. The van der Waals surface area contributed by atoms with E-state index in [0.29, 0.717) is 37.0 Å². The predicted molar refractivity (Wildman–Crippen MR) is 117 cm³/mol. The number of hydrogen-bond donors (Lipinski definition) is 3. The summed E-state index contributed by atoms with van der Waals surface area (Å²) in [5.41, 5.74) is 0.878. The molecule has 3 fully saturated rings. The van der Waals surface area contributed by atoms with Gasteiger partial charge >= 0.3 is 0 Å². The first-order valence-electron chi connectivity index (χ1n) is 11.6. The Bertz CT molecular complexity index is 1070. The number of rotatable bonds is 5. The van der Waals surface area contributed by atoms with Gasteiger partial charge in [-0.05, 0) is 45.6 Å². The monoisotopic (exact) mass is 457 g/mol. The second-order valence-corrected chi connectivity index (χ2v) is 9.78. The fourth-order valence-electron chi connectivity index (χ4n) is 5.46. The predicted octanol–water partition coefficient (Wildman–Crippen LogP) is 1.66. The minimum absolute atomic E-state index is 0.0589. The second-order valence-electron chi connectivity index (χ2n) is 9.78. The molecule has 176 valence electrons. The third kappa shape index (κ3) is 3.45. The number of ether oxygens (including phenoxy) is 1. The van der Waals surface area contributed by atoms with Gasteiger partial charge in [-0.25, -0.2) is 9.37 Å². The van der Waals surface area contributed by atoms with E-state index in [1.54, 1.807) is 17.3 Å². The molecule has 4 atom stereocenters. The molecule has 0 radical (unpaired) electrons. The van der Waals surface area contributed by atoms with E-state index in [4.69, 9.17) is 9.72 Å². The number of aliphatic hydroxyl groups is 1. The average Bonchev–Trinajstić information content (AvgIpc) is 3.29. The van der Waals surface area contributed by atoms with Crippen LogP contribution >= 0.6 is 0 Å². The van der Waals surface area contributed by atoms with Gasteiger partial charge in [0.2, 0.25) is 11.9 Å². The van der Waals surface area contributed by atoms with Crippen molar-refractivity contribution < 1.29 is 19.0 Å². The zero-order chi connectivity index (χ0) is 22.7. The number of carbonyl (C=O) groups is 1. The standard InChI is InChI=1S/C22H28FN7O3/c1-29-10-15(23)17(11-29)33-19-16(9-25-28-19)26-21-24-8-14-18(27-21)30(20(32)22(14)5-6-22)12-3-2-4-13(31)7-12/h8-9,12-13,15,17,31H,2-7,10-11H2,1H3,(H,25,28)(H,24,26,27)/t12-,13-,15-,17-/m1/s1. The summed E-state index contributed by atoms with van der Waals surface area (Å²) in [7, 11) is 1.85. The van der Waals surface area contributed by atoms with Crippen LogP contribution in [0.5, 0.6) is 5.88 Å². The highest BCUT2D eigenvalue weighted by atomic mass is 19.1. The highest BCUT2D eigenvalue weighted by molar-refractivity contribution is 6.09. The van der Waals surface area contributed by atoms with Crippen molar-refractivity contribution in [1.82, 2.24) is 25.1 Å². The van der Waals surface area contributed by atoms with Crippen molar-refractivity contribution in [2.75, 3.05) is 30.4 Å². The zero-order valence-electron chi connectivity index (χ0n) is 18.5. The molecule has 4 heterocycles. The fourth-order valence-corrected chi connectivity index (χ4v) is 5.46. The van der Waals surface area contributed by atoms with Crippen molar-refractivity contribution in [3.8, 4) is 5.88 Å². The average molecular weight is 458 g/mol. The van der Waals surface area contributed by atoms with Gasteiger partial charge in [0.1, 0.15) is 17.6 Å². The largest absolute Gasteiger partial charge is 0.467 e. The molecule has 1 spiro atoms. The van der Waals surface area contributed by atoms with E-state index in [9.17, 15) is 14.3 Å². The summed E-state index contributed by atoms with van der Waals surface area (Å²) < 4.78 is 20.0. The number of aromatic nitrogens is 4. The minimum atomic E-state index is -1.09. The van der Waals surface area contributed by atoms with Gasteiger partial charge in [-0.15, -0.1) is 5.10 Å². The lowest BCUT2D eigenvalue weighted by molar-refractivity contribution is -0.121. The van der Waals surface area contributed by atoms with Gasteiger partial charge in [-0.1, -0.05) is 0 Å². The molecule has 2 aromatic rings. The third-order valence-electron chi connectivity index (χ3n) is 7.37. The van der Waals surface area contributed by atoms with E-state index in [-0.39, 0.29) is 17.8 Å². The van der Waals surface area contributed by atoms with Crippen LogP contribution in [0.4, 0.5) is 21.8 Å². The van der Waals surface area contributed by atoms with Crippen molar-refractivity contribution in [2.24, 2.45) is 0 Å². The first-order chi connectivity index (χ1) is 15.9. The number of alkyl halides is 1. The molecular formula is C22H28FN7O3. The molecule has 0 bridgehead atoms. The van der Waals surface area contributed by atoms with E-state index < -0.39 is 23.8 Å². The zero-order valence-corrected chi connectivity index (χ0v) is 18.5. The molecule has 2 saturated carbocycles. The van der Waals surface area contributed by atoms with Crippen LogP contribution in [0.3, 0.4) is 0 Å². The summed E-state index contributed by atoms with van der Waals surface area (Å²) in [6, 6.07) is -0.0589. The number of halogens is 1. The van der Waals surface area contributed by atoms with E-state index in [2.05, 4.69) is 20.5 Å². The van der Waals surface area contributed by atoms with Gasteiger partial charge in [0, 0.05) is 37.1 Å². The molecule has 6 rings (SSSR count). The van der Waals surface area contributed by atoms with Gasteiger partial charge in [0.15, 0.2) is 6.17 Å². The minimum Gasteiger partial charge on any atom is -0.467 e. The smallest absolute Gasteiger partial charge is 0.257 e. The summed E-state index contributed by atoms with van der Waals surface area (Å²) in [5, 5.41) is 20.2. The summed E-state index contributed by atoms with van der Waals surface area (Å²) in [5.74, 6) is 1.27. The van der Waals surface area contributed by atoms with Crippen LogP contribution in [-0.2, 0) is 10.2 Å². The van der Waals surface area contributed by atoms with Crippen molar-refractivity contribution in [1.29, 1.82) is 0 Å². The van der Waals surface area contributed by atoms with E-state index in [0.717, 1.165) is 37.7 Å². The Balaban J connectivity index is 1.26. The quantitative estimate of drug-likeness (QED) is 0.620. The molecule has 0 unspecified atom stereocenters. The van der Waals surface area contributed by atoms with E-state index in [1.807, 2.05) is 11.9 Å². The number of nitrogens with zero attached hydrogens (tertiary/aromatic N) is 5. The molecule has 0 aromatic carbocycles. The molecule has 3 N–H and O–H groups in total. The van der Waals surface area contributed by atoms with Crippen molar-refractivity contribution >= 4 is 23.4 Å². The van der Waals surface area contributed by atoms with Gasteiger partial charge in [0.05, 0.1) is 11.5 Å². The first kappa shape index (κ1) is 20.8. The van der Waals surface area contributed by atoms with Crippen molar-refractivity contribution in [3.05, 3.63) is 18.0 Å². The number of H-pyrrole nitrogens is 1. The molecule has 4 aliphatic rings. The number of anilines is 3. The van der Waals surface area contributed by atoms with E-state index >= 15 is 0 Å². The maximum atomic E-state index is 14.2. The Hall–Kier alpha value is -2.79. The SMILES string of the molecule is CN1C[C@@H](F)[C@H](Oc2n[nH]cc2Nc2ncc3c(n2)N([C@@H]2CCC[C@@H](O)C2)C(=O)C32CC2)C1. The van der Waals surface area contributed by atoms with Gasteiger partial charge < -0.3 is 15.2 Å². The molecule has 33 heavy (non-hydrogen) atoms. The van der Waals surface area contributed by atoms with Crippen LogP contribution in [0.2, 0.25) is 0 Å². The normalized spacial score (nSPS) is 30.6. The molecule has 2 aliphatic carbocycles. The molecule has 2 aromatic heterocycles. The Kier molecular flexibility index (Phi) is 4.80. The number of likely N-dealkylation sites (N-methyl/N-ethyl adjacent to an activating group) is 1. The van der Waals surface area contributed by atoms with Crippen LogP contribution in [-0.4, -0.2) is 80.6 Å². The van der Waals surface area contributed by atoms with Crippen LogP contribution < -0.4 is 15.0 Å². The fraction of sp³-hybridized carbons (Fsp3) is 0.636. The Morgan fingerprint density at radius 3 is 2.91 bits per heavy atom. The summed E-state index contributed by atoms with van der Waals surface area (Å²) in [4.78, 5) is 26.2. The van der Waals surface area contributed by atoms with Crippen LogP contribution in [0, 0.1) is 0 Å². The van der Waals surface area contributed by atoms with Crippen LogP contribution in [0.1, 0.15) is 44.1 Å². The summed E-state index contributed by atoms with van der Waals surface area (Å²) in [6.07, 6.45) is 5.95. The lowest BCUT2D eigenvalue weighted by atomic mass is 9.92. The number of likely N-dealkylation sites (tertiary alicyclic amines) is 1. The molecular weight excluding hydrogens is 429 g/mol. The molecule has 1 saturated heterocycles. The maximum absolute atomic E-state index is 14.2. The van der Waals surface area contributed by atoms with Crippen molar-refractivity contribution in [2.45, 2.75) is 68.4 Å². The Morgan fingerprint density at radius 1 is 1.33 bits per heavy atom. The number of fused-ring (bicyclic) bond motifs is 2. The maximum Gasteiger partial charge on any atom is 0.257 e. The van der Waals surface area contributed by atoms with Gasteiger partial charge in [0.25, 0.3) is 5.88 Å². The molecule has 11 heteroatoms. The number of carbonyl (C=O) groups excluding carboxylic acids is 1. The van der Waals surface area contributed by atoms with Crippen LogP contribution in [0.25, 0.3) is 0 Å².